The Morgan fingerprint density at radius 3 is 2.54 bits per heavy atom. The minimum atomic E-state index is -0.736. The van der Waals surface area contributed by atoms with Crippen molar-refractivity contribution in [3.8, 4) is 0 Å². The Morgan fingerprint density at radius 2 is 1.74 bits per heavy atom. The highest BCUT2D eigenvalue weighted by Crippen LogP contribution is 2.40. The first-order chi connectivity index (χ1) is 24.4. The predicted molar refractivity (Wildman–Crippen MR) is 194 cm³/mol. The maximum Gasteiger partial charge on any atom is 0.410 e. The van der Waals surface area contributed by atoms with Crippen molar-refractivity contribution in [1.29, 1.82) is 0 Å². The molecule has 2 aliphatic carbocycles. The molecule has 2 fully saturated rings. The number of imidazole rings is 1. The van der Waals surface area contributed by atoms with E-state index in [0.29, 0.717) is 37.7 Å². The first-order valence-electron chi connectivity index (χ1n) is 18.2. The predicted octanol–water partition coefficient (Wildman–Crippen LogP) is 7.00. The first kappa shape index (κ1) is 34.2. The third-order valence-electron chi connectivity index (χ3n) is 10.5. The lowest BCUT2D eigenvalue weighted by Gasteiger charge is -2.45. The van der Waals surface area contributed by atoms with Gasteiger partial charge in [0.25, 0.3) is 0 Å². The molecule has 0 bridgehead atoms. The van der Waals surface area contributed by atoms with E-state index in [1.165, 1.54) is 17.5 Å². The maximum atomic E-state index is 15.0. The molecule has 0 radical (unpaired) electrons. The van der Waals surface area contributed by atoms with E-state index >= 15 is 0 Å². The summed E-state index contributed by atoms with van der Waals surface area (Å²) in [6.07, 6.45) is 12.7. The molecule has 2 atom stereocenters. The largest absolute Gasteiger partial charge is 0.446 e. The maximum absolute atomic E-state index is 15.0. The Bertz CT molecular complexity index is 1770. The standard InChI is InChI=1S/C40H47ClN6O3/c1-29-25-44(28-43-29)21-10-22-46(26-30-11-4-2-5-12-30)39(48)35-27-45(23-24-47(35)40(49)50-33-15-6-3-7-16-33)38-36-31(13-8-17-34(36)41)18-19-32-14-9-20-42-37(32)38/h2,4-5,8-9,11-14,17,20,25,28,33,35,38H,3,6-7,10,15-16,18-19,21-24,26-27H2,1H3. The van der Waals surface area contributed by atoms with Crippen molar-refractivity contribution in [2.24, 2.45) is 0 Å². The Balaban J connectivity index is 1.21. The molecule has 0 spiro atoms. The summed E-state index contributed by atoms with van der Waals surface area (Å²) < 4.78 is 8.20. The molecule has 4 aromatic rings. The molecular weight excluding hydrogens is 648 g/mol. The zero-order chi connectivity index (χ0) is 34.5. The number of rotatable bonds is 9. The number of halogens is 1. The molecule has 1 saturated carbocycles. The minimum absolute atomic E-state index is 0.0739. The zero-order valence-electron chi connectivity index (χ0n) is 28.9. The topological polar surface area (TPSA) is 83.8 Å². The number of fused-ring (bicyclic) bond motifs is 2. The number of carbonyl (C=O) groups is 2. The number of hydrogen-bond acceptors (Lipinski definition) is 6. The number of nitrogens with zero attached hydrogens (tertiary/aromatic N) is 6. The summed E-state index contributed by atoms with van der Waals surface area (Å²) in [7, 11) is 0. The third-order valence-corrected chi connectivity index (χ3v) is 10.8. The second-order valence-corrected chi connectivity index (χ2v) is 14.4. The lowest BCUT2D eigenvalue weighted by molar-refractivity contribution is -0.140. The Hall–Kier alpha value is -4.21. The van der Waals surface area contributed by atoms with Gasteiger partial charge in [-0.2, -0.15) is 0 Å². The highest BCUT2D eigenvalue weighted by Gasteiger charge is 2.43. The SMILES string of the molecule is Cc1cn(CCCN(Cc2ccccc2)C(=O)C2CN(C3c4ncccc4CCc4cccc(Cl)c43)CCN2C(=O)OC2CCCCC2)cn1. The number of ether oxygens (including phenoxy) is 1. The van der Waals surface area contributed by atoms with Gasteiger partial charge < -0.3 is 14.2 Å². The smallest absolute Gasteiger partial charge is 0.410 e. The van der Waals surface area contributed by atoms with Crippen LogP contribution in [0.3, 0.4) is 0 Å². The number of piperazine rings is 1. The summed E-state index contributed by atoms with van der Waals surface area (Å²) in [5, 5.41) is 0.702. The van der Waals surface area contributed by atoms with E-state index in [2.05, 4.69) is 38.7 Å². The van der Waals surface area contributed by atoms with Crippen LogP contribution in [-0.4, -0.2) is 79.6 Å². The van der Waals surface area contributed by atoms with Crippen LogP contribution in [-0.2, 0) is 35.5 Å². The molecule has 2 aromatic carbocycles. The van der Waals surface area contributed by atoms with E-state index in [1.54, 1.807) is 4.90 Å². The number of amides is 2. The lowest BCUT2D eigenvalue weighted by Crippen LogP contribution is -2.62. The lowest BCUT2D eigenvalue weighted by atomic mass is 9.95. The Morgan fingerprint density at radius 1 is 0.940 bits per heavy atom. The van der Waals surface area contributed by atoms with E-state index < -0.39 is 6.04 Å². The second-order valence-electron chi connectivity index (χ2n) is 14.0. The van der Waals surface area contributed by atoms with E-state index in [0.717, 1.165) is 74.0 Å². The molecule has 50 heavy (non-hydrogen) atoms. The van der Waals surface area contributed by atoms with Crippen LogP contribution in [0.5, 0.6) is 0 Å². The van der Waals surface area contributed by atoms with Crippen LogP contribution in [0, 0.1) is 6.92 Å². The first-order valence-corrected chi connectivity index (χ1v) is 18.6. The molecular formula is C40H47ClN6O3. The molecule has 9 nitrogen and oxygen atoms in total. The van der Waals surface area contributed by atoms with Gasteiger partial charge in [0.2, 0.25) is 5.91 Å². The molecule has 10 heteroatoms. The van der Waals surface area contributed by atoms with Gasteiger partial charge in [0.15, 0.2) is 0 Å². The number of benzene rings is 2. The van der Waals surface area contributed by atoms with Crippen LogP contribution < -0.4 is 0 Å². The molecule has 2 unspecified atom stereocenters. The van der Waals surface area contributed by atoms with Crippen LogP contribution in [0.4, 0.5) is 4.79 Å². The highest BCUT2D eigenvalue weighted by atomic mass is 35.5. The summed E-state index contributed by atoms with van der Waals surface area (Å²) in [6, 6.07) is 19.4. The van der Waals surface area contributed by atoms with Crippen molar-refractivity contribution in [3.63, 3.8) is 0 Å². The number of aryl methyl sites for hydroxylation is 4. The molecule has 2 amide bonds. The molecule has 7 rings (SSSR count). The Labute approximate surface area is 300 Å². The molecule has 262 valence electrons. The summed E-state index contributed by atoms with van der Waals surface area (Å²) >= 11 is 7.01. The van der Waals surface area contributed by atoms with Gasteiger partial charge >= 0.3 is 6.09 Å². The molecule has 3 heterocycles. The summed E-state index contributed by atoms with van der Waals surface area (Å²) in [5.74, 6) is -0.0739. The fraction of sp³-hybridized carbons (Fsp3) is 0.450. The van der Waals surface area contributed by atoms with Crippen LogP contribution in [0.15, 0.2) is 79.4 Å². The Kier molecular flexibility index (Phi) is 10.8. The van der Waals surface area contributed by atoms with Crippen LogP contribution >= 0.6 is 11.6 Å². The average Bonchev–Trinajstić information content (AvgIpc) is 3.48. The van der Waals surface area contributed by atoms with Gasteiger partial charge in [-0.25, -0.2) is 9.78 Å². The van der Waals surface area contributed by atoms with Gasteiger partial charge in [-0.3, -0.25) is 19.6 Å². The van der Waals surface area contributed by atoms with E-state index in [4.69, 9.17) is 21.3 Å². The number of aromatic nitrogens is 3. The van der Waals surface area contributed by atoms with Gasteiger partial charge in [0, 0.05) is 56.7 Å². The van der Waals surface area contributed by atoms with E-state index in [9.17, 15) is 9.59 Å². The monoisotopic (exact) mass is 694 g/mol. The van der Waals surface area contributed by atoms with Crippen LogP contribution in [0.25, 0.3) is 0 Å². The normalized spacial score (nSPS) is 19.7. The van der Waals surface area contributed by atoms with Gasteiger partial charge in [0.05, 0.1) is 23.8 Å². The van der Waals surface area contributed by atoms with Crippen LogP contribution in [0.1, 0.15) is 78.2 Å². The zero-order valence-corrected chi connectivity index (χ0v) is 29.7. The van der Waals surface area contributed by atoms with Crippen LogP contribution in [0.2, 0.25) is 5.02 Å². The molecule has 2 aromatic heterocycles. The quantitative estimate of drug-likeness (QED) is 0.188. The van der Waals surface area contributed by atoms with Gasteiger partial charge in [-0.15, -0.1) is 0 Å². The molecule has 1 saturated heterocycles. The van der Waals surface area contributed by atoms with Crippen molar-refractivity contribution in [2.45, 2.75) is 89.6 Å². The molecule has 1 aliphatic heterocycles. The highest BCUT2D eigenvalue weighted by molar-refractivity contribution is 6.31. The fourth-order valence-electron chi connectivity index (χ4n) is 7.96. The van der Waals surface area contributed by atoms with Crippen molar-refractivity contribution < 1.29 is 14.3 Å². The van der Waals surface area contributed by atoms with Gasteiger partial charge in [-0.05, 0) is 86.3 Å². The molecule has 0 N–H and O–H groups in total. The van der Waals surface area contributed by atoms with Crippen molar-refractivity contribution in [2.75, 3.05) is 26.2 Å². The average molecular weight is 695 g/mol. The number of hydrogen-bond donors (Lipinski definition) is 0. The summed E-state index contributed by atoms with van der Waals surface area (Å²) in [5.41, 5.74) is 6.42. The fourth-order valence-corrected chi connectivity index (χ4v) is 8.26. The number of pyridine rings is 1. The third kappa shape index (κ3) is 7.74. The van der Waals surface area contributed by atoms with Gasteiger partial charge in [-0.1, -0.05) is 66.6 Å². The van der Waals surface area contributed by atoms with Gasteiger partial charge in [0.1, 0.15) is 12.1 Å². The minimum Gasteiger partial charge on any atom is -0.446 e. The van der Waals surface area contributed by atoms with Crippen molar-refractivity contribution in [3.05, 3.63) is 118 Å². The van der Waals surface area contributed by atoms with E-state index in [1.807, 2.05) is 66.9 Å². The summed E-state index contributed by atoms with van der Waals surface area (Å²) in [4.78, 5) is 44.3. The van der Waals surface area contributed by atoms with E-state index in [-0.39, 0.29) is 24.1 Å². The molecule has 3 aliphatic rings. The van der Waals surface area contributed by atoms with Crippen molar-refractivity contribution >= 4 is 23.6 Å². The number of carbonyl (C=O) groups excluding carboxylic acids is 2. The second kappa shape index (κ2) is 15.8. The van der Waals surface area contributed by atoms with Crippen molar-refractivity contribution in [1.82, 2.24) is 29.2 Å². The summed E-state index contributed by atoms with van der Waals surface area (Å²) in [6.45, 7) is 4.98.